The zero-order chi connectivity index (χ0) is 18.1. The van der Waals surface area contributed by atoms with E-state index in [0.29, 0.717) is 17.7 Å². The lowest BCUT2D eigenvalue weighted by molar-refractivity contribution is -0.927. The van der Waals surface area contributed by atoms with Crippen molar-refractivity contribution in [2.45, 2.75) is 26.4 Å². The van der Waals surface area contributed by atoms with Crippen molar-refractivity contribution in [3.8, 4) is 0 Å². The Balaban J connectivity index is 1.90. The maximum absolute atomic E-state index is 12.9. The zero-order valence-corrected chi connectivity index (χ0v) is 15.7. The zero-order valence-electron chi connectivity index (χ0n) is 14.9. The number of quaternary nitrogens is 1. The second-order valence-corrected chi connectivity index (χ2v) is 6.43. The molecule has 0 aliphatic carbocycles. The molecule has 0 spiro atoms. The van der Waals surface area contributed by atoms with Gasteiger partial charge >= 0.3 is 0 Å². The van der Waals surface area contributed by atoms with Crippen LogP contribution in [0.2, 0.25) is 0 Å². The van der Waals surface area contributed by atoms with Gasteiger partial charge in [-0.25, -0.2) is 4.39 Å². The fourth-order valence-corrected chi connectivity index (χ4v) is 3.12. The summed E-state index contributed by atoms with van der Waals surface area (Å²) in [4.78, 5) is 1.51. The van der Waals surface area contributed by atoms with E-state index in [4.69, 9.17) is 12.2 Å². The molecule has 0 unspecified atom stereocenters. The van der Waals surface area contributed by atoms with Crippen molar-refractivity contribution in [3.63, 3.8) is 0 Å². The molecule has 0 aliphatic rings. The molecule has 0 bridgehead atoms. The molecule has 1 atom stereocenters. The predicted octanol–water partition coefficient (Wildman–Crippen LogP) is 2.46. The van der Waals surface area contributed by atoms with E-state index in [-0.39, 0.29) is 5.82 Å². The second-order valence-electron chi connectivity index (χ2n) is 6.02. The second kappa shape index (κ2) is 10.1. The number of thiocarbonyl (C=S) groups is 1. The Kier molecular flexibility index (Phi) is 7.82. The fourth-order valence-electron chi connectivity index (χ4n) is 2.97. The third-order valence-electron chi connectivity index (χ3n) is 4.44. The van der Waals surface area contributed by atoms with Crippen LogP contribution in [-0.2, 0) is 6.54 Å². The molecule has 2 aromatic carbocycles. The van der Waals surface area contributed by atoms with Crippen LogP contribution in [0.5, 0.6) is 0 Å². The van der Waals surface area contributed by atoms with E-state index >= 15 is 0 Å². The molecule has 0 amide bonds. The van der Waals surface area contributed by atoms with Crippen molar-refractivity contribution in [3.05, 3.63) is 71.5 Å². The Hall–Kier alpha value is -1.98. The minimum atomic E-state index is -0.225. The van der Waals surface area contributed by atoms with Crippen molar-refractivity contribution < 1.29 is 9.29 Å². The number of likely N-dealkylation sites (N-methyl/N-ethyl adjacent to an activating group) is 1. The van der Waals surface area contributed by atoms with Gasteiger partial charge < -0.3 is 15.5 Å². The number of hydrogen-bond acceptors (Lipinski definition) is 1. The van der Waals surface area contributed by atoms with Gasteiger partial charge in [-0.3, -0.25) is 0 Å². The number of benzene rings is 2. The SMILES string of the molecule is CC[NH+](CC)[C@@H](CNC(=S)NCc1ccc(F)cc1)c1ccccc1. The van der Waals surface area contributed by atoms with Gasteiger partial charge in [0.05, 0.1) is 19.6 Å². The first-order chi connectivity index (χ1) is 12.1. The number of nitrogens with one attached hydrogen (secondary N) is 3. The van der Waals surface area contributed by atoms with Gasteiger partial charge in [0.2, 0.25) is 0 Å². The molecule has 5 heteroatoms. The van der Waals surface area contributed by atoms with Crippen molar-refractivity contribution >= 4 is 17.3 Å². The summed E-state index contributed by atoms with van der Waals surface area (Å²) in [7, 11) is 0. The van der Waals surface area contributed by atoms with Crippen LogP contribution < -0.4 is 15.5 Å². The molecule has 134 valence electrons. The topological polar surface area (TPSA) is 28.5 Å². The highest BCUT2D eigenvalue weighted by Crippen LogP contribution is 2.08. The van der Waals surface area contributed by atoms with Crippen LogP contribution in [-0.4, -0.2) is 24.7 Å². The monoisotopic (exact) mass is 360 g/mol. The number of rotatable bonds is 8. The molecule has 0 aromatic heterocycles. The first-order valence-corrected chi connectivity index (χ1v) is 9.20. The van der Waals surface area contributed by atoms with E-state index in [1.54, 1.807) is 12.1 Å². The largest absolute Gasteiger partial charge is 0.359 e. The van der Waals surface area contributed by atoms with Gasteiger partial charge in [0.25, 0.3) is 0 Å². The molecule has 0 radical (unpaired) electrons. The summed E-state index contributed by atoms with van der Waals surface area (Å²) in [6.45, 7) is 7.90. The van der Waals surface area contributed by atoms with Gasteiger partial charge in [-0.1, -0.05) is 42.5 Å². The van der Waals surface area contributed by atoms with E-state index in [9.17, 15) is 4.39 Å². The maximum Gasteiger partial charge on any atom is 0.166 e. The van der Waals surface area contributed by atoms with E-state index < -0.39 is 0 Å². The first-order valence-electron chi connectivity index (χ1n) is 8.79. The van der Waals surface area contributed by atoms with E-state index in [2.05, 4.69) is 48.7 Å². The maximum atomic E-state index is 12.9. The van der Waals surface area contributed by atoms with Crippen LogP contribution in [0.25, 0.3) is 0 Å². The normalized spacial score (nSPS) is 12.0. The van der Waals surface area contributed by atoms with Crippen molar-refractivity contribution in [1.29, 1.82) is 0 Å². The van der Waals surface area contributed by atoms with Crippen molar-refractivity contribution in [2.75, 3.05) is 19.6 Å². The summed E-state index contributed by atoms with van der Waals surface area (Å²) in [6, 6.07) is 17.3. The van der Waals surface area contributed by atoms with Crippen molar-refractivity contribution in [2.24, 2.45) is 0 Å². The lowest BCUT2D eigenvalue weighted by Gasteiger charge is -2.27. The fraction of sp³-hybridized carbons (Fsp3) is 0.350. The molecular weight excluding hydrogens is 333 g/mol. The molecule has 0 saturated heterocycles. The predicted molar refractivity (Wildman–Crippen MR) is 105 cm³/mol. The summed E-state index contributed by atoms with van der Waals surface area (Å²) in [6.07, 6.45) is 0. The third-order valence-corrected chi connectivity index (χ3v) is 4.72. The molecule has 0 heterocycles. The number of halogens is 1. The average molecular weight is 361 g/mol. The van der Waals surface area contributed by atoms with Gasteiger partial charge in [-0.2, -0.15) is 0 Å². The smallest absolute Gasteiger partial charge is 0.166 e. The standard InChI is InChI=1S/C20H26FN3S/c1-3-24(4-2)19(17-8-6-5-7-9-17)15-23-20(25)22-14-16-10-12-18(21)13-11-16/h5-13,19H,3-4,14-15H2,1-2H3,(H2,22,23,25)/p+1/t19-/m0/s1. The molecule has 0 fully saturated rings. The average Bonchev–Trinajstić information content (AvgIpc) is 2.65. The third kappa shape index (κ3) is 6.11. The molecule has 3 N–H and O–H groups in total. The highest BCUT2D eigenvalue weighted by atomic mass is 32.1. The molecule has 3 nitrogen and oxygen atoms in total. The molecule has 2 rings (SSSR count). The highest BCUT2D eigenvalue weighted by Gasteiger charge is 2.21. The Morgan fingerprint density at radius 3 is 2.24 bits per heavy atom. The quantitative estimate of drug-likeness (QED) is 0.632. The summed E-state index contributed by atoms with van der Waals surface area (Å²) < 4.78 is 12.9. The molecule has 0 aliphatic heterocycles. The minimum absolute atomic E-state index is 0.225. The van der Waals surface area contributed by atoms with Gasteiger partial charge in [0, 0.05) is 12.1 Å². The van der Waals surface area contributed by atoms with Crippen molar-refractivity contribution in [1.82, 2.24) is 10.6 Å². The van der Waals surface area contributed by atoms with E-state index in [1.165, 1.54) is 22.6 Å². The molecule has 2 aromatic rings. The highest BCUT2D eigenvalue weighted by molar-refractivity contribution is 7.80. The van der Waals surface area contributed by atoms with E-state index in [0.717, 1.165) is 25.2 Å². The van der Waals surface area contributed by atoms with Crippen LogP contribution in [0, 0.1) is 5.82 Å². The Labute approximate surface area is 155 Å². The van der Waals surface area contributed by atoms with Crippen LogP contribution in [0.4, 0.5) is 4.39 Å². The molecule has 25 heavy (non-hydrogen) atoms. The Bertz CT molecular complexity index is 642. The van der Waals surface area contributed by atoms with Crippen LogP contribution in [0.3, 0.4) is 0 Å². The van der Waals surface area contributed by atoms with Crippen LogP contribution in [0.15, 0.2) is 54.6 Å². The lowest BCUT2D eigenvalue weighted by Crippen LogP contribution is -3.12. The summed E-state index contributed by atoms with van der Waals surface area (Å²) >= 11 is 5.40. The van der Waals surface area contributed by atoms with Gasteiger partial charge in [-0.15, -0.1) is 0 Å². The van der Waals surface area contributed by atoms with E-state index in [1.807, 2.05) is 6.07 Å². The molecule has 0 saturated carbocycles. The summed E-state index contributed by atoms with van der Waals surface area (Å²) in [5, 5.41) is 7.15. The summed E-state index contributed by atoms with van der Waals surface area (Å²) in [5.41, 5.74) is 2.31. The lowest BCUT2D eigenvalue weighted by atomic mass is 10.1. The Morgan fingerprint density at radius 1 is 1.00 bits per heavy atom. The van der Waals surface area contributed by atoms with Crippen LogP contribution in [0.1, 0.15) is 31.0 Å². The van der Waals surface area contributed by atoms with Crippen LogP contribution >= 0.6 is 12.2 Å². The number of hydrogen-bond donors (Lipinski definition) is 3. The Morgan fingerprint density at radius 2 is 1.64 bits per heavy atom. The first kappa shape index (κ1) is 19.3. The van der Waals surface area contributed by atoms with Gasteiger partial charge in [-0.05, 0) is 43.8 Å². The van der Waals surface area contributed by atoms with Gasteiger partial charge in [0.15, 0.2) is 5.11 Å². The van der Waals surface area contributed by atoms with Gasteiger partial charge in [0.1, 0.15) is 11.9 Å². The minimum Gasteiger partial charge on any atom is -0.359 e. The molecular formula is C20H27FN3S+. The summed E-state index contributed by atoms with van der Waals surface area (Å²) in [5.74, 6) is -0.225.